The fraction of sp³-hybridized carbons (Fsp3) is 0.167. The molecule has 7 heteroatoms. The van der Waals surface area contributed by atoms with Crippen LogP contribution >= 0.6 is 11.8 Å². The van der Waals surface area contributed by atoms with Gasteiger partial charge in [0.15, 0.2) is 11.0 Å². The number of carbonyl (C=O) groups is 1. The van der Waals surface area contributed by atoms with E-state index in [0.29, 0.717) is 11.0 Å². The van der Waals surface area contributed by atoms with Gasteiger partial charge in [0.25, 0.3) is 0 Å². The summed E-state index contributed by atoms with van der Waals surface area (Å²) in [4.78, 5) is 11.5. The molecule has 0 bridgehead atoms. The maximum atomic E-state index is 11.5. The van der Waals surface area contributed by atoms with Gasteiger partial charge in [0.2, 0.25) is 0 Å². The molecule has 0 saturated heterocycles. The molecule has 3 rings (SSSR count). The van der Waals surface area contributed by atoms with Gasteiger partial charge >= 0.3 is 5.97 Å². The van der Waals surface area contributed by atoms with E-state index in [-0.39, 0.29) is 11.7 Å². The van der Waals surface area contributed by atoms with Gasteiger partial charge in [-0.2, -0.15) is 0 Å². The Balaban J connectivity index is 2.04. The number of aromatic nitrogens is 3. The molecule has 0 amide bonds. The second kappa shape index (κ2) is 7.85. The molecule has 128 valence electrons. The van der Waals surface area contributed by atoms with Crippen LogP contribution in [-0.4, -0.2) is 40.7 Å². The standard InChI is InChI=1S/C18H17N3O3S/c1-23-15-10-8-14(9-11-15)21-17(13-6-4-3-5-7-13)19-20-18(21)25-12-16(22)24-2/h3-11H,12H2,1-2H3. The number of hydrogen-bond acceptors (Lipinski definition) is 6. The number of carbonyl (C=O) groups excluding carboxylic acids is 1. The number of esters is 1. The minimum absolute atomic E-state index is 0.166. The van der Waals surface area contributed by atoms with Crippen molar-refractivity contribution in [2.24, 2.45) is 0 Å². The van der Waals surface area contributed by atoms with Gasteiger partial charge in [-0.1, -0.05) is 42.1 Å². The van der Waals surface area contributed by atoms with Crippen LogP contribution in [0.1, 0.15) is 0 Å². The molecule has 6 nitrogen and oxygen atoms in total. The quantitative estimate of drug-likeness (QED) is 0.500. The molecule has 0 N–H and O–H groups in total. The first-order valence-corrected chi connectivity index (χ1v) is 8.56. The van der Waals surface area contributed by atoms with Gasteiger partial charge in [-0.05, 0) is 24.3 Å². The topological polar surface area (TPSA) is 66.2 Å². The zero-order valence-electron chi connectivity index (χ0n) is 13.9. The van der Waals surface area contributed by atoms with Gasteiger partial charge in [0.1, 0.15) is 5.75 Å². The van der Waals surface area contributed by atoms with Gasteiger partial charge < -0.3 is 9.47 Å². The molecule has 25 heavy (non-hydrogen) atoms. The van der Waals surface area contributed by atoms with Crippen LogP contribution in [0.2, 0.25) is 0 Å². The first-order chi connectivity index (χ1) is 12.2. The summed E-state index contributed by atoms with van der Waals surface area (Å²) < 4.78 is 11.8. The van der Waals surface area contributed by atoms with Crippen LogP contribution in [0.4, 0.5) is 0 Å². The van der Waals surface area contributed by atoms with E-state index in [4.69, 9.17) is 9.47 Å². The lowest BCUT2D eigenvalue weighted by Crippen LogP contribution is -2.05. The summed E-state index contributed by atoms with van der Waals surface area (Å²) in [6, 6.07) is 17.4. The molecule has 2 aromatic carbocycles. The lowest BCUT2D eigenvalue weighted by atomic mass is 10.2. The fourth-order valence-electron chi connectivity index (χ4n) is 2.28. The highest BCUT2D eigenvalue weighted by atomic mass is 32.2. The molecule has 3 aromatic rings. The molecule has 0 fully saturated rings. The number of ether oxygens (including phenoxy) is 2. The summed E-state index contributed by atoms with van der Waals surface area (Å²) in [6.07, 6.45) is 0. The number of benzene rings is 2. The van der Waals surface area contributed by atoms with Crippen molar-refractivity contribution in [1.29, 1.82) is 0 Å². The SMILES string of the molecule is COC(=O)CSc1nnc(-c2ccccc2)n1-c1ccc(OC)cc1. The third-order valence-electron chi connectivity index (χ3n) is 3.54. The Hall–Kier alpha value is -2.80. The predicted molar refractivity (Wildman–Crippen MR) is 96.1 cm³/mol. The highest BCUT2D eigenvalue weighted by Crippen LogP contribution is 2.28. The van der Waals surface area contributed by atoms with Crippen molar-refractivity contribution in [3.63, 3.8) is 0 Å². The molecular weight excluding hydrogens is 338 g/mol. The Morgan fingerprint density at radius 1 is 1.04 bits per heavy atom. The van der Waals surface area contributed by atoms with Crippen molar-refractivity contribution in [3.05, 3.63) is 54.6 Å². The summed E-state index contributed by atoms with van der Waals surface area (Å²) in [5.74, 6) is 1.33. The van der Waals surface area contributed by atoms with Gasteiger partial charge in [0, 0.05) is 11.3 Å². The van der Waals surface area contributed by atoms with Crippen molar-refractivity contribution in [1.82, 2.24) is 14.8 Å². The van der Waals surface area contributed by atoms with E-state index in [1.807, 2.05) is 59.2 Å². The zero-order chi connectivity index (χ0) is 17.6. The van der Waals surface area contributed by atoms with Crippen molar-refractivity contribution < 1.29 is 14.3 Å². The summed E-state index contributed by atoms with van der Waals surface area (Å²) >= 11 is 1.28. The Bertz CT molecular complexity index is 848. The van der Waals surface area contributed by atoms with Crippen LogP contribution in [0, 0.1) is 0 Å². The van der Waals surface area contributed by atoms with Gasteiger partial charge in [-0.3, -0.25) is 9.36 Å². The van der Waals surface area contributed by atoms with Crippen LogP contribution in [0.25, 0.3) is 17.1 Å². The van der Waals surface area contributed by atoms with Crippen molar-refractivity contribution >= 4 is 17.7 Å². The maximum Gasteiger partial charge on any atom is 0.316 e. The van der Waals surface area contributed by atoms with Gasteiger partial charge in [-0.15, -0.1) is 10.2 Å². The molecular formula is C18H17N3O3S. The first-order valence-electron chi connectivity index (χ1n) is 7.58. The Morgan fingerprint density at radius 2 is 1.76 bits per heavy atom. The molecule has 0 unspecified atom stereocenters. The molecule has 1 heterocycles. The number of methoxy groups -OCH3 is 2. The average Bonchev–Trinajstić information content (AvgIpc) is 3.10. The maximum absolute atomic E-state index is 11.5. The number of rotatable bonds is 6. The van der Waals surface area contributed by atoms with Gasteiger partial charge in [0.05, 0.1) is 20.0 Å². The van der Waals surface area contributed by atoms with E-state index >= 15 is 0 Å². The summed E-state index contributed by atoms with van der Waals surface area (Å²) in [7, 11) is 2.99. The highest BCUT2D eigenvalue weighted by Gasteiger charge is 2.17. The van der Waals surface area contributed by atoms with E-state index in [2.05, 4.69) is 10.2 Å². The molecule has 0 aliphatic heterocycles. The lowest BCUT2D eigenvalue weighted by molar-refractivity contribution is -0.137. The second-order valence-corrected chi connectivity index (χ2v) is 6.01. The minimum atomic E-state index is -0.310. The van der Waals surface area contributed by atoms with Crippen LogP contribution in [0.5, 0.6) is 5.75 Å². The van der Waals surface area contributed by atoms with Crippen LogP contribution in [0.3, 0.4) is 0 Å². The van der Waals surface area contributed by atoms with E-state index in [1.165, 1.54) is 18.9 Å². The van der Waals surface area contributed by atoms with Crippen molar-refractivity contribution in [2.45, 2.75) is 5.16 Å². The molecule has 0 radical (unpaired) electrons. The fourth-order valence-corrected chi connectivity index (χ4v) is 3.07. The summed E-state index contributed by atoms with van der Waals surface area (Å²) in [5.41, 5.74) is 1.83. The minimum Gasteiger partial charge on any atom is -0.497 e. The van der Waals surface area contributed by atoms with Crippen LogP contribution in [0.15, 0.2) is 59.8 Å². The summed E-state index contributed by atoms with van der Waals surface area (Å²) in [6.45, 7) is 0. The monoisotopic (exact) mass is 355 g/mol. The van der Waals surface area contributed by atoms with Crippen molar-refractivity contribution in [3.8, 4) is 22.8 Å². The lowest BCUT2D eigenvalue weighted by Gasteiger charge is -2.11. The zero-order valence-corrected chi connectivity index (χ0v) is 14.7. The van der Waals surface area contributed by atoms with E-state index in [9.17, 15) is 4.79 Å². The number of hydrogen-bond donors (Lipinski definition) is 0. The largest absolute Gasteiger partial charge is 0.497 e. The third-order valence-corrected chi connectivity index (χ3v) is 4.45. The molecule has 0 aliphatic rings. The Kier molecular flexibility index (Phi) is 5.35. The van der Waals surface area contributed by atoms with E-state index < -0.39 is 0 Å². The molecule has 0 aliphatic carbocycles. The smallest absolute Gasteiger partial charge is 0.316 e. The average molecular weight is 355 g/mol. The summed E-state index contributed by atoms with van der Waals surface area (Å²) in [5, 5.41) is 9.19. The third kappa shape index (κ3) is 3.83. The van der Waals surface area contributed by atoms with Crippen LogP contribution < -0.4 is 4.74 Å². The number of thioether (sulfide) groups is 1. The number of nitrogens with zero attached hydrogens (tertiary/aromatic N) is 3. The van der Waals surface area contributed by atoms with Crippen LogP contribution in [-0.2, 0) is 9.53 Å². The van der Waals surface area contributed by atoms with E-state index in [1.54, 1.807) is 7.11 Å². The molecule has 1 aromatic heterocycles. The Labute approximate surface area is 149 Å². The van der Waals surface area contributed by atoms with Gasteiger partial charge in [-0.25, -0.2) is 0 Å². The predicted octanol–water partition coefficient (Wildman–Crippen LogP) is 3.21. The molecule has 0 spiro atoms. The molecule has 0 saturated carbocycles. The Morgan fingerprint density at radius 3 is 2.40 bits per heavy atom. The normalized spacial score (nSPS) is 10.5. The highest BCUT2D eigenvalue weighted by molar-refractivity contribution is 7.99. The second-order valence-electron chi connectivity index (χ2n) is 5.07. The van der Waals surface area contributed by atoms with E-state index in [0.717, 1.165) is 17.0 Å². The molecule has 0 atom stereocenters. The first kappa shape index (κ1) is 17.0. The van der Waals surface area contributed by atoms with Crippen molar-refractivity contribution in [2.75, 3.05) is 20.0 Å².